The minimum atomic E-state index is 0.149. The fraction of sp³-hybridized carbons (Fsp3) is 0.929. The SMILES string of the molecule is CC(C)C[C@H](CN)CC(=O)NCCCCN(C)C. The quantitative estimate of drug-likeness (QED) is 0.583. The van der Waals surface area contributed by atoms with Gasteiger partial charge in [-0.05, 0) is 58.3 Å². The summed E-state index contributed by atoms with van der Waals surface area (Å²) in [6.07, 6.45) is 3.77. The average Bonchev–Trinajstić information content (AvgIpc) is 2.26. The molecular weight excluding hydrogens is 226 g/mol. The molecule has 0 aromatic heterocycles. The minimum absolute atomic E-state index is 0.149. The lowest BCUT2D eigenvalue weighted by Crippen LogP contribution is -2.29. The van der Waals surface area contributed by atoms with Crippen molar-refractivity contribution in [1.29, 1.82) is 0 Å². The molecule has 0 heterocycles. The van der Waals surface area contributed by atoms with Gasteiger partial charge in [0.1, 0.15) is 0 Å². The minimum Gasteiger partial charge on any atom is -0.356 e. The summed E-state index contributed by atoms with van der Waals surface area (Å²) in [6.45, 7) is 6.80. The van der Waals surface area contributed by atoms with Crippen LogP contribution in [0, 0.1) is 11.8 Å². The van der Waals surface area contributed by atoms with Gasteiger partial charge in [0.05, 0.1) is 0 Å². The average molecular weight is 257 g/mol. The van der Waals surface area contributed by atoms with Gasteiger partial charge in [0.25, 0.3) is 0 Å². The molecule has 0 fully saturated rings. The second kappa shape index (κ2) is 10.3. The second-order valence-electron chi connectivity index (χ2n) is 5.80. The number of rotatable bonds is 10. The zero-order valence-electron chi connectivity index (χ0n) is 12.5. The van der Waals surface area contributed by atoms with E-state index in [0.717, 1.165) is 32.4 Å². The topological polar surface area (TPSA) is 58.4 Å². The summed E-state index contributed by atoms with van der Waals surface area (Å²) in [5.41, 5.74) is 5.69. The molecule has 0 saturated carbocycles. The predicted octanol–water partition coefficient (Wildman–Crippen LogP) is 1.46. The highest BCUT2D eigenvalue weighted by atomic mass is 16.1. The zero-order chi connectivity index (χ0) is 14.0. The number of nitrogens with two attached hydrogens (primary N) is 1. The van der Waals surface area contributed by atoms with E-state index in [9.17, 15) is 4.79 Å². The molecule has 18 heavy (non-hydrogen) atoms. The summed E-state index contributed by atoms with van der Waals surface area (Å²) in [6, 6.07) is 0. The molecule has 0 aliphatic carbocycles. The summed E-state index contributed by atoms with van der Waals surface area (Å²) >= 11 is 0. The Labute approximate surface area is 112 Å². The molecule has 0 aliphatic heterocycles. The van der Waals surface area contributed by atoms with E-state index in [1.807, 2.05) is 0 Å². The molecule has 0 spiro atoms. The van der Waals surface area contributed by atoms with Crippen LogP contribution in [-0.4, -0.2) is 44.5 Å². The predicted molar refractivity (Wildman–Crippen MR) is 77.4 cm³/mol. The van der Waals surface area contributed by atoms with E-state index in [0.29, 0.717) is 24.8 Å². The highest BCUT2D eigenvalue weighted by Gasteiger charge is 2.13. The Morgan fingerprint density at radius 2 is 1.94 bits per heavy atom. The fourth-order valence-electron chi connectivity index (χ4n) is 2.04. The number of amides is 1. The smallest absolute Gasteiger partial charge is 0.220 e. The van der Waals surface area contributed by atoms with E-state index in [-0.39, 0.29) is 5.91 Å². The summed E-state index contributed by atoms with van der Waals surface area (Å²) in [7, 11) is 4.13. The van der Waals surface area contributed by atoms with Crippen LogP contribution in [0.4, 0.5) is 0 Å². The molecule has 1 atom stereocenters. The lowest BCUT2D eigenvalue weighted by Gasteiger charge is -2.16. The summed E-state index contributed by atoms with van der Waals surface area (Å²) in [5.74, 6) is 1.08. The van der Waals surface area contributed by atoms with E-state index >= 15 is 0 Å². The number of carbonyl (C=O) groups is 1. The molecule has 0 bridgehead atoms. The van der Waals surface area contributed by atoms with Gasteiger partial charge in [-0.1, -0.05) is 13.8 Å². The van der Waals surface area contributed by atoms with E-state index in [1.165, 1.54) is 0 Å². The molecule has 108 valence electrons. The Morgan fingerprint density at radius 3 is 2.44 bits per heavy atom. The maximum absolute atomic E-state index is 11.7. The highest BCUT2D eigenvalue weighted by molar-refractivity contribution is 5.76. The van der Waals surface area contributed by atoms with Crippen molar-refractivity contribution in [3.05, 3.63) is 0 Å². The lowest BCUT2D eigenvalue weighted by atomic mass is 9.94. The second-order valence-corrected chi connectivity index (χ2v) is 5.80. The van der Waals surface area contributed by atoms with Crippen molar-refractivity contribution in [2.45, 2.75) is 39.5 Å². The van der Waals surface area contributed by atoms with Crippen LogP contribution < -0.4 is 11.1 Å². The number of hydrogen-bond acceptors (Lipinski definition) is 3. The van der Waals surface area contributed by atoms with Crippen LogP contribution in [0.2, 0.25) is 0 Å². The van der Waals surface area contributed by atoms with E-state index < -0.39 is 0 Å². The zero-order valence-corrected chi connectivity index (χ0v) is 12.5. The third kappa shape index (κ3) is 10.5. The summed E-state index contributed by atoms with van der Waals surface area (Å²) in [5, 5.41) is 2.98. The van der Waals surface area contributed by atoms with Crippen LogP contribution in [0.15, 0.2) is 0 Å². The van der Waals surface area contributed by atoms with Crippen molar-refractivity contribution in [1.82, 2.24) is 10.2 Å². The molecule has 0 aliphatic rings. The molecule has 0 aromatic rings. The van der Waals surface area contributed by atoms with Crippen molar-refractivity contribution < 1.29 is 4.79 Å². The Balaban J connectivity index is 3.62. The van der Waals surface area contributed by atoms with Crippen molar-refractivity contribution in [2.24, 2.45) is 17.6 Å². The van der Waals surface area contributed by atoms with Crippen molar-refractivity contribution in [3.63, 3.8) is 0 Å². The molecule has 4 heteroatoms. The van der Waals surface area contributed by atoms with Gasteiger partial charge in [-0.2, -0.15) is 0 Å². The molecule has 0 saturated heterocycles. The fourth-order valence-corrected chi connectivity index (χ4v) is 2.04. The molecule has 0 rings (SSSR count). The van der Waals surface area contributed by atoms with Gasteiger partial charge in [0.15, 0.2) is 0 Å². The number of hydrogen-bond donors (Lipinski definition) is 2. The van der Waals surface area contributed by atoms with Gasteiger partial charge in [0, 0.05) is 13.0 Å². The van der Waals surface area contributed by atoms with Crippen molar-refractivity contribution >= 4 is 5.91 Å². The van der Waals surface area contributed by atoms with Gasteiger partial charge in [-0.3, -0.25) is 4.79 Å². The van der Waals surface area contributed by atoms with Crippen LogP contribution in [0.25, 0.3) is 0 Å². The van der Waals surface area contributed by atoms with Gasteiger partial charge in [0.2, 0.25) is 5.91 Å². The van der Waals surface area contributed by atoms with E-state index in [1.54, 1.807) is 0 Å². The first-order valence-corrected chi connectivity index (χ1v) is 7.07. The third-order valence-electron chi connectivity index (χ3n) is 2.97. The highest BCUT2D eigenvalue weighted by Crippen LogP contribution is 2.13. The largest absolute Gasteiger partial charge is 0.356 e. The molecular formula is C14H31N3O. The molecule has 4 nitrogen and oxygen atoms in total. The maximum Gasteiger partial charge on any atom is 0.220 e. The lowest BCUT2D eigenvalue weighted by molar-refractivity contribution is -0.122. The number of nitrogens with one attached hydrogen (secondary N) is 1. The van der Waals surface area contributed by atoms with Gasteiger partial charge in [-0.25, -0.2) is 0 Å². The Hall–Kier alpha value is -0.610. The normalized spacial score (nSPS) is 13.1. The first kappa shape index (κ1) is 17.4. The van der Waals surface area contributed by atoms with E-state index in [2.05, 4.69) is 38.2 Å². The van der Waals surface area contributed by atoms with Gasteiger partial charge >= 0.3 is 0 Å². The van der Waals surface area contributed by atoms with Gasteiger partial charge < -0.3 is 16.0 Å². The third-order valence-corrected chi connectivity index (χ3v) is 2.97. The standard InChI is InChI=1S/C14H31N3O/c1-12(2)9-13(11-15)10-14(18)16-7-5-6-8-17(3)4/h12-13H,5-11,15H2,1-4H3,(H,16,18)/t13-/m0/s1. The van der Waals surface area contributed by atoms with Crippen LogP contribution in [0.3, 0.4) is 0 Å². The molecule has 3 N–H and O–H groups in total. The molecule has 0 radical (unpaired) electrons. The van der Waals surface area contributed by atoms with Gasteiger partial charge in [-0.15, -0.1) is 0 Å². The van der Waals surface area contributed by atoms with E-state index in [4.69, 9.17) is 5.73 Å². The van der Waals surface area contributed by atoms with Crippen LogP contribution >= 0.6 is 0 Å². The summed E-state index contributed by atoms with van der Waals surface area (Å²) < 4.78 is 0. The monoisotopic (exact) mass is 257 g/mol. The number of nitrogens with zero attached hydrogens (tertiary/aromatic N) is 1. The van der Waals surface area contributed by atoms with Crippen LogP contribution in [-0.2, 0) is 4.79 Å². The van der Waals surface area contributed by atoms with Crippen LogP contribution in [0.1, 0.15) is 39.5 Å². The molecule has 0 aromatic carbocycles. The Kier molecular flexibility index (Phi) is 9.98. The number of unbranched alkanes of at least 4 members (excludes halogenated alkanes) is 1. The molecule has 1 amide bonds. The first-order valence-electron chi connectivity index (χ1n) is 7.07. The van der Waals surface area contributed by atoms with Crippen molar-refractivity contribution in [3.8, 4) is 0 Å². The Bertz CT molecular complexity index is 217. The van der Waals surface area contributed by atoms with Crippen molar-refractivity contribution in [2.75, 3.05) is 33.7 Å². The maximum atomic E-state index is 11.7. The Morgan fingerprint density at radius 1 is 1.28 bits per heavy atom. The molecule has 0 unspecified atom stereocenters. The summed E-state index contributed by atoms with van der Waals surface area (Å²) in [4.78, 5) is 13.9. The van der Waals surface area contributed by atoms with Crippen LogP contribution in [0.5, 0.6) is 0 Å². The first-order chi connectivity index (χ1) is 8.45. The number of carbonyl (C=O) groups excluding carboxylic acids is 1.